The van der Waals surface area contributed by atoms with E-state index >= 15 is 0 Å². The van der Waals surface area contributed by atoms with Crippen LogP contribution in [0.5, 0.6) is 0 Å². The molecule has 358 valence electrons. The van der Waals surface area contributed by atoms with Gasteiger partial charge in [0.15, 0.2) is 12.4 Å². The lowest BCUT2D eigenvalue weighted by atomic mass is 10.00. The molecule has 0 aromatic heterocycles. The normalized spacial score (nSPS) is 20.1. The molecule has 0 aromatic carbocycles. The second-order valence-corrected chi connectivity index (χ2v) is 18.6. The number of hydrogen-bond donors (Lipinski definition) is 4. The van der Waals surface area contributed by atoms with Crippen LogP contribution in [0, 0.1) is 0 Å². The maximum Gasteiger partial charge on any atom is 0.306 e. The summed E-state index contributed by atoms with van der Waals surface area (Å²) in [4.78, 5) is 25.4. The number of aliphatic hydroxyl groups excluding tert-OH is 3. The van der Waals surface area contributed by atoms with Gasteiger partial charge in [0.2, 0.25) is 0 Å². The molecule has 1 fully saturated rings. The average molecular weight is 889 g/mol. The van der Waals surface area contributed by atoms with Gasteiger partial charge in [-0.25, -0.2) is 0 Å². The van der Waals surface area contributed by atoms with Crippen LogP contribution < -0.4 is 0 Å². The van der Waals surface area contributed by atoms with E-state index in [1.54, 1.807) is 0 Å². The van der Waals surface area contributed by atoms with Crippen LogP contribution in [-0.4, -0.2) is 96.0 Å². The zero-order chi connectivity index (χ0) is 44.8. The number of hydrogen-bond acceptors (Lipinski definition) is 11. The number of carbonyl (C=O) groups is 2. The molecule has 1 aliphatic heterocycles. The van der Waals surface area contributed by atoms with E-state index in [0.717, 1.165) is 64.2 Å². The average Bonchev–Trinajstić information content (AvgIpc) is 3.22. The second kappa shape index (κ2) is 38.6. The SMILES string of the molecule is CCC/C=C\CCCCCCCC(=O)OCC(COC1OC(CS(=O)(=O)O)C(O)C(O)C1O)OC(=O)CCCCCCCCCCCCC/C=C\CCCCCCCCCC. The van der Waals surface area contributed by atoms with Crippen molar-refractivity contribution in [3.8, 4) is 0 Å². The fraction of sp³-hybridized carbons (Fsp3) is 0.875. The smallest absolute Gasteiger partial charge is 0.306 e. The van der Waals surface area contributed by atoms with Crippen molar-refractivity contribution in [2.45, 2.75) is 250 Å². The standard InChI is InChI=1S/C48H88O12S/c1-3-5-7-9-11-13-15-16-17-18-19-20-21-22-23-24-25-26-27-29-31-33-35-37-44(50)59-41(38-57-43(49)36-34-32-30-28-14-12-10-8-6-4-2)39-58-48-47(53)46(52)45(51)42(60-48)40-61(54,55)56/h8,10,18-19,41-42,45-48,51-53H,3-7,9,11-17,20-40H2,1-2H3,(H,54,55,56)/b10-8-,19-18-. The molecule has 61 heavy (non-hydrogen) atoms. The number of carbonyl (C=O) groups excluding carboxylic acids is 2. The van der Waals surface area contributed by atoms with Crippen LogP contribution in [0.2, 0.25) is 0 Å². The number of ether oxygens (including phenoxy) is 4. The van der Waals surface area contributed by atoms with Gasteiger partial charge in [-0.1, -0.05) is 167 Å². The first-order valence-electron chi connectivity index (χ1n) is 24.4. The van der Waals surface area contributed by atoms with Gasteiger partial charge in [-0.2, -0.15) is 8.42 Å². The predicted molar refractivity (Wildman–Crippen MR) is 243 cm³/mol. The lowest BCUT2D eigenvalue weighted by Gasteiger charge is -2.40. The Morgan fingerprint density at radius 1 is 0.541 bits per heavy atom. The summed E-state index contributed by atoms with van der Waals surface area (Å²) in [6.07, 6.45) is 33.8. The lowest BCUT2D eigenvalue weighted by Crippen LogP contribution is -2.60. The third-order valence-corrected chi connectivity index (χ3v) is 12.0. The van der Waals surface area contributed by atoms with Crippen LogP contribution in [0.25, 0.3) is 0 Å². The molecule has 0 spiro atoms. The summed E-state index contributed by atoms with van der Waals surface area (Å²) in [5.74, 6) is -1.99. The molecule has 1 rings (SSSR count). The zero-order valence-corrected chi connectivity index (χ0v) is 39.1. The van der Waals surface area contributed by atoms with Crippen LogP contribution in [-0.2, 0) is 38.7 Å². The summed E-state index contributed by atoms with van der Waals surface area (Å²) in [5.41, 5.74) is 0. The summed E-state index contributed by atoms with van der Waals surface area (Å²) in [6, 6.07) is 0. The summed E-state index contributed by atoms with van der Waals surface area (Å²) in [5, 5.41) is 30.9. The van der Waals surface area contributed by atoms with Crippen molar-refractivity contribution >= 4 is 22.1 Å². The van der Waals surface area contributed by atoms with E-state index in [0.29, 0.717) is 12.8 Å². The Kier molecular flexibility index (Phi) is 36.1. The Morgan fingerprint density at radius 2 is 0.967 bits per heavy atom. The van der Waals surface area contributed by atoms with Gasteiger partial charge in [0.1, 0.15) is 36.8 Å². The monoisotopic (exact) mass is 889 g/mol. The van der Waals surface area contributed by atoms with Crippen molar-refractivity contribution in [2.75, 3.05) is 19.0 Å². The van der Waals surface area contributed by atoms with Gasteiger partial charge in [0.25, 0.3) is 10.1 Å². The summed E-state index contributed by atoms with van der Waals surface area (Å²) < 4.78 is 54.1. The third-order valence-electron chi connectivity index (χ3n) is 11.2. The quantitative estimate of drug-likeness (QED) is 0.0197. The maximum absolute atomic E-state index is 12.8. The summed E-state index contributed by atoms with van der Waals surface area (Å²) in [6.45, 7) is 3.70. The largest absolute Gasteiger partial charge is 0.462 e. The number of allylic oxidation sites excluding steroid dienone is 4. The Morgan fingerprint density at radius 3 is 1.43 bits per heavy atom. The molecule has 0 radical (unpaired) electrons. The minimum absolute atomic E-state index is 0.164. The van der Waals surface area contributed by atoms with Crippen LogP contribution in [0.1, 0.15) is 213 Å². The highest BCUT2D eigenvalue weighted by atomic mass is 32.2. The summed E-state index contributed by atoms with van der Waals surface area (Å²) in [7, 11) is -4.60. The predicted octanol–water partition coefficient (Wildman–Crippen LogP) is 10.4. The van der Waals surface area contributed by atoms with Gasteiger partial charge in [-0.15, -0.1) is 0 Å². The van der Waals surface area contributed by atoms with E-state index in [4.69, 9.17) is 18.9 Å². The Balaban J connectivity index is 2.33. The Labute approximate surface area is 370 Å². The molecule has 0 bridgehead atoms. The van der Waals surface area contributed by atoms with Crippen molar-refractivity contribution in [1.82, 2.24) is 0 Å². The molecule has 1 aliphatic rings. The molecule has 0 saturated carbocycles. The molecule has 1 saturated heterocycles. The van der Waals surface area contributed by atoms with Gasteiger partial charge in [-0.3, -0.25) is 14.1 Å². The lowest BCUT2D eigenvalue weighted by molar-refractivity contribution is -0.297. The minimum Gasteiger partial charge on any atom is -0.462 e. The van der Waals surface area contributed by atoms with Gasteiger partial charge < -0.3 is 34.3 Å². The van der Waals surface area contributed by atoms with E-state index in [1.807, 2.05) is 0 Å². The fourth-order valence-corrected chi connectivity index (χ4v) is 8.13. The highest BCUT2D eigenvalue weighted by molar-refractivity contribution is 7.85. The van der Waals surface area contributed by atoms with Gasteiger partial charge in [0.05, 0.1) is 6.61 Å². The molecule has 1 heterocycles. The minimum atomic E-state index is -4.60. The Bertz CT molecular complexity index is 1220. The number of esters is 2. The second-order valence-electron chi connectivity index (χ2n) is 17.1. The van der Waals surface area contributed by atoms with Crippen LogP contribution in [0.3, 0.4) is 0 Å². The van der Waals surface area contributed by atoms with Gasteiger partial charge in [0, 0.05) is 12.8 Å². The van der Waals surface area contributed by atoms with Crippen molar-refractivity contribution in [1.29, 1.82) is 0 Å². The molecule has 12 nitrogen and oxygen atoms in total. The Hall–Kier alpha value is -1.87. The molecule has 13 heteroatoms. The van der Waals surface area contributed by atoms with Crippen LogP contribution >= 0.6 is 0 Å². The van der Waals surface area contributed by atoms with Crippen LogP contribution in [0.4, 0.5) is 0 Å². The summed E-state index contributed by atoms with van der Waals surface area (Å²) >= 11 is 0. The van der Waals surface area contributed by atoms with Crippen molar-refractivity contribution in [2.24, 2.45) is 0 Å². The maximum atomic E-state index is 12.8. The van der Waals surface area contributed by atoms with Gasteiger partial charge >= 0.3 is 11.9 Å². The zero-order valence-electron chi connectivity index (χ0n) is 38.3. The molecule has 0 aromatic rings. The van der Waals surface area contributed by atoms with E-state index < -0.39 is 71.2 Å². The van der Waals surface area contributed by atoms with E-state index in [1.165, 1.54) is 109 Å². The van der Waals surface area contributed by atoms with Gasteiger partial charge in [-0.05, 0) is 57.8 Å². The molecule has 0 amide bonds. The van der Waals surface area contributed by atoms with E-state index in [-0.39, 0.29) is 19.4 Å². The number of rotatable bonds is 41. The molecule has 6 atom stereocenters. The van der Waals surface area contributed by atoms with E-state index in [2.05, 4.69) is 38.2 Å². The molecule has 0 aliphatic carbocycles. The first kappa shape index (κ1) is 57.1. The molecule has 4 N–H and O–H groups in total. The van der Waals surface area contributed by atoms with Crippen molar-refractivity contribution in [3.63, 3.8) is 0 Å². The molecule has 6 unspecified atom stereocenters. The van der Waals surface area contributed by atoms with E-state index in [9.17, 15) is 37.9 Å². The highest BCUT2D eigenvalue weighted by Gasteiger charge is 2.46. The first-order valence-corrected chi connectivity index (χ1v) is 26.0. The number of aliphatic hydroxyl groups is 3. The topological polar surface area (TPSA) is 186 Å². The van der Waals surface area contributed by atoms with Crippen molar-refractivity contribution in [3.05, 3.63) is 24.3 Å². The number of unbranched alkanes of at least 4 members (excludes halogenated alkanes) is 25. The molecular formula is C48H88O12S. The molecular weight excluding hydrogens is 801 g/mol. The highest BCUT2D eigenvalue weighted by Crippen LogP contribution is 2.24. The first-order chi connectivity index (χ1) is 29.5. The van der Waals surface area contributed by atoms with Crippen molar-refractivity contribution < 1.29 is 56.8 Å². The van der Waals surface area contributed by atoms with Crippen LogP contribution in [0.15, 0.2) is 24.3 Å². The third kappa shape index (κ3) is 33.3. The fourth-order valence-electron chi connectivity index (χ4n) is 7.44.